The molecule has 0 aliphatic heterocycles. The Morgan fingerprint density at radius 3 is 2.32 bits per heavy atom. The molecule has 7 nitrogen and oxygen atoms in total. The predicted molar refractivity (Wildman–Crippen MR) is 92.4 cm³/mol. The van der Waals surface area contributed by atoms with Crippen molar-refractivity contribution in [3.05, 3.63) is 53.9 Å². The minimum Gasteiger partial charge on any atom is -0.465 e. The summed E-state index contributed by atoms with van der Waals surface area (Å²) in [5.41, 5.74) is 2.75. The molecule has 0 aliphatic carbocycles. The van der Waals surface area contributed by atoms with Crippen molar-refractivity contribution in [2.45, 2.75) is 19.5 Å². The van der Waals surface area contributed by atoms with Crippen LogP contribution in [0.15, 0.2) is 42.7 Å². The van der Waals surface area contributed by atoms with E-state index in [9.17, 15) is 23.1 Å². The molecule has 146 valence electrons. The van der Waals surface area contributed by atoms with Crippen LogP contribution in [0.1, 0.15) is 11.1 Å². The number of hydrogen-bond donors (Lipinski definition) is 3. The molecule has 0 saturated heterocycles. The van der Waals surface area contributed by atoms with Gasteiger partial charge >= 0.3 is 12.5 Å². The van der Waals surface area contributed by atoms with Gasteiger partial charge in [-0.2, -0.15) is 0 Å². The van der Waals surface area contributed by atoms with E-state index in [0.717, 1.165) is 0 Å². The number of rotatable bonds is 5. The molecule has 1 aromatic heterocycles. The SMILES string of the molecule is O=C(O)NCc1cc(-c2ccc(OC(F)(F)F)cc2)c2nccnc2c1CO. The molecule has 0 aliphatic rings. The van der Waals surface area contributed by atoms with Crippen LogP contribution in [0.3, 0.4) is 0 Å². The van der Waals surface area contributed by atoms with E-state index in [1.54, 1.807) is 6.07 Å². The standard InChI is InChI=1S/C18H14F3N3O4/c19-18(20,21)28-12-3-1-10(2-4-12)13-7-11(8-24-17(26)27)14(9-25)16-15(13)22-5-6-23-16/h1-7,24-25H,8-9H2,(H,26,27). The fourth-order valence-electron chi connectivity index (χ4n) is 2.80. The van der Waals surface area contributed by atoms with Crippen molar-refractivity contribution in [1.82, 2.24) is 15.3 Å². The second-order valence-corrected chi connectivity index (χ2v) is 5.70. The van der Waals surface area contributed by atoms with Crippen LogP contribution in [-0.2, 0) is 13.2 Å². The van der Waals surface area contributed by atoms with Crippen molar-refractivity contribution >= 4 is 17.1 Å². The summed E-state index contributed by atoms with van der Waals surface area (Å²) in [4.78, 5) is 19.3. The third-order valence-corrected chi connectivity index (χ3v) is 3.93. The highest BCUT2D eigenvalue weighted by molar-refractivity contribution is 5.94. The van der Waals surface area contributed by atoms with Crippen LogP contribution in [0.2, 0.25) is 0 Å². The van der Waals surface area contributed by atoms with Gasteiger partial charge in [-0.1, -0.05) is 12.1 Å². The van der Waals surface area contributed by atoms with Crippen molar-refractivity contribution in [3.63, 3.8) is 0 Å². The minimum atomic E-state index is -4.79. The number of fused-ring (bicyclic) bond motifs is 1. The first-order valence-corrected chi connectivity index (χ1v) is 7.98. The summed E-state index contributed by atoms with van der Waals surface area (Å²) in [6, 6.07) is 6.81. The maximum Gasteiger partial charge on any atom is 0.573 e. The molecule has 28 heavy (non-hydrogen) atoms. The number of halogens is 3. The van der Waals surface area contributed by atoms with E-state index in [4.69, 9.17) is 5.11 Å². The molecule has 3 rings (SSSR count). The summed E-state index contributed by atoms with van der Waals surface area (Å²) in [6.07, 6.45) is -3.15. The summed E-state index contributed by atoms with van der Waals surface area (Å²) in [5.74, 6) is -0.369. The molecule has 2 aromatic carbocycles. The number of alkyl halides is 3. The zero-order chi connectivity index (χ0) is 20.3. The van der Waals surface area contributed by atoms with E-state index in [1.807, 2.05) is 0 Å². The van der Waals surface area contributed by atoms with Gasteiger partial charge in [0, 0.05) is 30.1 Å². The van der Waals surface area contributed by atoms with Gasteiger partial charge in [0.1, 0.15) is 5.75 Å². The second kappa shape index (κ2) is 7.69. The molecular formula is C18H14F3N3O4. The fraction of sp³-hybridized carbons (Fsp3) is 0.167. The molecule has 3 aromatic rings. The first kappa shape index (κ1) is 19.4. The van der Waals surface area contributed by atoms with Crippen molar-refractivity contribution in [2.75, 3.05) is 0 Å². The third-order valence-electron chi connectivity index (χ3n) is 3.93. The molecular weight excluding hydrogens is 379 g/mol. The Hall–Kier alpha value is -3.40. The van der Waals surface area contributed by atoms with Gasteiger partial charge in [0.2, 0.25) is 0 Å². The Balaban J connectivity index is 2.10. The van der Waals surface area contributed by atoms with Crippen molar-refractivity contribution in [2.24, 2.45) is 0 Å². The van der Waals surface area contributed by atoms with Gasteiger partial charge in [-0.05, 0) is 29.3 Å². The smallest absolute Gasteiger partial charge is 0.465 e. The van der Waals surface area contributed by atoms with Gasteiger partial charge in [0.15, 0.2) is 0 Å². The molecule has 1 heterocycles. The number of aromatic nitrogens is 2. The summed E-state index contributed by atoms with van der Waals surface area (Å²) < 4.78 is 40.9. The van der Waals surface area contributed by atoms with Gasteiger partial charge in [0.25, 0.3) is 0 Å². The Kier molecular flexibility index (Phi) is 5.32. The molecule has 0 unspecified atom stereocenters. The lowest BCUT2D eigenvalue weighted by atomic mass is 9.96. The average molecular weight is 393 g/mol. The van der Waals surface area contributed by atoms with E-state index < -0.39 is 12.5 Å². The molecule has 0 atom stereocenters. The quantitative estimate of drug-likeness (QED) is 0.613. The monoisotopic (exact) mass is 393 g/mol. The first-order chi connectivity index (χ1) is 13.3. The molecule has 1 amide bonds. The van der Waals surface area contributed by atoms with Gasteiger partial charge < -0.3 is 20.3 Å². The zero-order valence-corrected chi connectivity index (χ0v) is 14.2. The lowest BCUT2D eigenvalue weighted by molar-refractivity contribution is -0.274. The van der Waals surface area contributed by atoms with Crippen LogP contribution in [0.25, 0.3) is 22.2 Å². The van der Waals surface area contributed by atoms with Crippen molar-refractivity contribution in [3.8, 4) is 16.9 Å². The summed E-state index contributed by atoms with van der Waals surface area (Å²) in [7, 11) is 0. The summed E-state index contributed by atoms with van der Waals surface area (Å²) in [6.45, 7) is -0.468. The number of amides is 1. The molecule has 3 N–H and O–H groups in total. The first-order valence-electron chi connectivity index (χ1n) is 7.98. The van der Waals surface area contributed by atoms with Gasteiger partial charge in [-0.15, -0.1) is 13.2 Å². The van der Waals surface area contributed by atoms with E-state index >= 15 is 0 Å². The second-order valence-electron chi connectivity index (χ2n) is 5.70. The summed E-state index contributed by atoms with van der Waals surface area (Å²) >= 11 is 0. The predicted octanol–water partition coefficient (Wildman–Crippen LogP) is 3.46. The van der Waals surface area contributed by atoms with E-state index in [0.29, 0.717) is 33.3 Å². The Labute approximate surface area is 156 Å². The Bertz CT molecular complexity index is 1010. The lowest BCUT2D eigenvalue weighted by Crippen LogP contribution is -2.21. The van der Waals surface area contributed by atoms with Crippen molar-refractivity contribution in [1.29, 1.82) is 0 Å². The Morgan fingerprint density at radius 2 is 1.75 bits per heavy atom. The number of carboxylic acid groups (broad SMARTS) is 1. The Morgan fingerprint density at radius 1 is 1.11 bits per heavy atom. The molecule has 0 bridgehead atoms. The highest BCUT2D eigenvalue weighted by Crippen LogP contribution is 2.33. The third kappa shape index (κ3) is 4.29. The molecule has 10 heteroatoms. The largest absolute Gasteiger partial charge is 0.573 e. The highest BCUT2D eigenvalue weighted by atomic mass is 19.4. The van der Waals surface area contributed by atoms with Crippen LogP contribution < -0.4 is 10.1 Å². The van der Waals surface area contributed by atoms with Crippen LogP contribution >= 0.6 is 0 Å². The number of aliphatic hydroxyl groups excluding tert-OH is 1. The number of benzene rings is 2. The number of hydrogen-bond acceptors (Lipinski definition) is 5. The number of nitrogens with zero attached hydrogens (tertiary/aromatic N) is 2. The number of aliphatic hydroxyl groups is 1. The highest BCUT2D eigenvalue weighted by Gasteiger charge is 2.31. The number of carbonyl (C=O) groups is 1. The average Bonchev–Trinajstić information content (AvgIpc) is 2.64. The van der Waals surface area contributed by atoms with Crippen LogP contribution in [0.4, 0.5) is 18.0 Å². The van der Waals surface area contributed by atoms with Crippen LogP contribution in [-0.4, -0.2) is 32.6 Å². The molecule has 0 radical (unpaired) electrons. The summed E-state index contributed by atoms with van der Waals surface area (Å²) in [5, 5.41) is 20.8. The van der Waals surface area contributed by atoms with Crippen LogP contribution in [0, 0.1) is 0 Å². The molecule has 0 spiro atoms. The van der Waals surface area contributed by atoms with E-state index in [2.05, 4.69) is 20.0 Å². The topological polar surface area (TPSA) is 105 Å². The normalized spacial score (nSPS) is 11.4. The van der Waals surface area contributed by atoms with E-state index in [1.165, 1.54) is 36.7 Å². The maximum atomic E-state index is 12.3. The maximum absolute atomic E-state index is 12.3. The van der Waals surface area contributed by atoms with Gasteiger partial charge in [-0.25, -0.2) is 4.79 Å². The van der Waals surface area contributed by atoms with Crippen LogP contribution in [0.5, 0.6) is 5.75 Å². The molecule has 0 saturated carbocycles. The molecule has 0 fully saturated rings. The lowest BCUT2D eigenvalue weighted by Gasteiger charge is -2.15. The van der Waals surface area contributed by atoms with Crippen molar-refractivity contribution < 1.29 is 32.9 Å². The zero-order valence-electron chi connectivity index (χ0n) is 14.2. The number of ether oxygens (including phenoxy) is 1. The fourth-order valence-corrected chi connectivity index (χ4v) is 2.80. The van der Waals surface area contributed by atoms with Gasteiger partial charge in [-0.3, -0.25) is 9.97 Å². The van der Waals surface area contributed by atoms with Gasteiger partial charge in [0.05, 0.1) is 17.6 Å². The van der Waals surface area contributed by atoms with E-state index in [-0.39, 0.29) is 18.9 Å². The minimum absolute atomic E-state index is 0.0833. The number of nitrogens with one attached hydrogen (secondary N) is 1.